The summed E-state index contributed by atoms with van der Waals surface area (Å²) in [5.74, 6) is 0.0325. The highest BCUT2D eigenvalue weighted by Gasteiger charge is 2.32. The first-order chi connectivity index (χ1) is 10.5. The average molecular weight is 305 g/mol. The molecule has 0 aromatic heterocycles. The van der Waals surface area contributed by atoms with Crippen LogP contribution >= 0.6 is 0 Å². The molecule has 1 heterocycles. The molecule has 1 fully saturated rings. The van der Waals surface area contributed by atoms with Crippen molar-refractivity contribution >= 4 is 11.8 Å². The van der Waals surface area contributed by atoms with Gasteiger partial charge in [-0.2, -0.15) is 0 Å². The summed E-state index contributed by atoms with van der Waals surface area (Å²) in [5.41, 5.74) is 6.28. The number of nitrogens with two attached hydrogens (primary N) is 1. The van der Waals surface area contributed by atoms with Crippen LogP contribution in [0, 0.1) is 5.92 Å². The van der Waals surface area contributed by atoms with Gasteiger partial charge < -0.3 is 20.3 Å². The summed E-state index contributed by atoms with van der Waals surface area (Å²) in [4.78, 5) is 26.8. The molecule has 120 valence electrons. The van der Waals surface area contributed by atoms with Gasteiger partial charge in [0.15, 0.2) is 0 Å². The van der Waals surface area contributed by atoms with Crippen molar-refractivity contribution in [2.24, 2.45) is 11.7 Å². The molecule has 1 unspecified atom stereocenters. The number of carbonyl (C=O) groups is 2. The highest BCUT2D eigenvalue weighted by atomic mass is 16.5. The molecule has 0 saturated carbocycles. The van der Waals surface area contributed by atoms with Gasteiger partial charge in [0.1, 0.15) is 12.4 Å². The van der Waals surface area contributed by atoms with Crippen LogP contribution in [0.15, 0.2) is 24.3 Å². The van der Waals surface area contributed by atoms with Crippen LogP contribution in [0.2, 0.25) is 0 Å². The standard InChI is InChI=1S/C16H23N3O3/c1-18(2)7-8-22-14-5-3-12(4-6-14)10-19-11-13(16(17)21)9-15(19)20/h3-6,13H,7-11H2,1-2H3,(H2,17,21). The third-order valence-corrected chi connectivity index (χ3v) is 3.72. The Morgan fingerprint density at radius 1 is 1.36 bits per heavy atom. The summed E-state index contributed by atoms with van der Waals surface area (Å²) >= 11 is 0. The molecule has 6 nitrogen and oxygen atoms in total. The van der Waals surface area contributed by atoms with Gasteiger partial charge in [-0.3, -0.25) is 9.59 Å². The van der Waals surface area contributed by atoms with E-state index in [2.05, 4.69) is 4.90 Å². The average Bonchev–Trinajstić information content (AvgIpc) is 2.82. The summed E-state index contributed by atoms with van der Waals surface area (Å²) in [6.45, 7) is 2.41. The highest BCUT2D eigenvalue weighted by molar-refractivity contribution is 5.88. The van der Waals surface area contributed by atoms with E-state index in [4.69, 9.17) is 10.5 Å². The molecule has 0 radical (unpaired) electrons. The first kappa shape index (κ1) is 16.3. The van der Waals surface area contributed by atoms with Gasteiger partial charge in [0.05, 0.1) is 5.92 Å². The van der Waals surface area contributed by atoms with Crippen LogP contribution in [0.4, 0.5) is 0 Å². The highest BCUT2D eigenvalue weighted by Crippen LogP contribution is 2.21. The van der Waals surface area contributed by atoms with E-state index in [0.29, 0.717) is 19.7 Å². The van der Waals surface area contributed by atoms with Crippen LogP contribution in [-0.2, 0) is 16.1 Å². The SMILES string of the molecule is CN(C)CCOc1ccc(CN2CC(C(N)=O)CC2=O)cc1. The van der Waals surface area contributed by atoms with E-state index in [9.17, 15) is 9.59 Å². The molecule has 0 bridgehead atoms. The molecule has 1 atom stereocenters. The van der Waals surface area contributed by atoms with Crippen molar-refractivity contribution < 1.29 is 14.3 Å². The molecule has 2 amide bonds. The molecule has 1 aromatic rings. The van der Waals surface area contributed by atoms with E-state index in [1.165, 1.54) is 0 Å². The first-order valence-electron chi connectivity index (χ1n) is 7.39. The second kappa shape index (κ2) is 7.26. The number of hydrogen-bond donors (Lipinski definition) is 1. The Morgan fingerprint density at radius 2 is 2.05 bits per heavy atom. The zero-order valence-corrected chi connectivity index (χ0v) is 13.1. The molecule has 2 N–H and O–H groups in total. The van der Waals surface area contributed by atoms with Gasteiger partial charge in [0.2, 0.25) is 11.8 Å². The summed E-state index contributed by atoms with van der Waals surface area (Å²) in [6, 6.07) is 7.68. The molecule has 1 aliphatic heterocycles. The lowest BCUT2D eigenvalue weighted by Crippen LogP contribution is -2.28. The number of carbonyl (C=O) groups excluding carboxylic acids is 2. The van der Waals surface area contributed by atoms with Crippen LogP contribution in [0.3, 0.4) is 0 Å². The Morgan fingerprint density at radius 3 is 2.59 bits per heavy atom. The van der Waals surface area contributed by atoms with Crippen LogP contribution in [-0.4, -0.2) is 55.4 Å². The Labute approximate surface area is 130 Å². The molecule has 0 spiro atoms. The number of benzene rings is 1. The minimum atomic E-state index is -0.402. The van der Waals surface area contributed by atoms with Gasteiger partial charge in [0, 0.05) is 26.1 Å². The first-order valence-corrected chi connectivity index (χ1v) is 7.39. The Hall–Kier alpha value is -2.08. The number of hydrogen-bond acceptors (Lipinski definition) is 4. The lowest BCUT2D eigenvalue weighted by molar-refractivity contribution is -0.128. The number of rotatable bonds is 7. The summed E-state index contributed by atoms with van der Waals surface area (Å²) in [6.07, 6.45) is 0.223. The number of ether oxygens (including phenoxy) is 1. The summed E-state index contributed by atoms with van der Waals surface area (Å²) in [5, 5.41) is 0. The zero-order chi connectivity index (χ0) is 16.1. The van der Waals surface area contributed by atoms with E-state index in [-0.39, 0.29) is 18.2 Å². The van der Waals surface area contributed by atoms with Crippen molar-refractivity contribution in [1.82, 2.24) is 9.80 Å². The van der Waals surface area contributed by atoms with Gasteiger partial charge in [-0.25, -0.2) is 0 Å². The van der Waals surface area contributed by atoms with E-state index >= 15 is 0 Å². The van der Waals surface area contributed by atoms with E-state index in [1.54, 1.807) is 4.90 Å². The van der Waals surface area contributed by atoms with Crippen molar-refractivity contribution in [2.75, 3.05) is 33.8 Å². The van der Waals surface area contributed by atoms with Crippen molar-refractivity contribution in [3.8, 4) is 5.75 Å². The predicted octanol–water partition coefficient (Wildman–Crippen LogP) is 0.461. The fourth-order valence-electron chi connectivity index (χ4n) is 2.37. The molecule has 22 heavy (non-hydrogen) atoms. The normalized spacial score (nSPS) is 18.0. The van der Waals surface area contributed by atoms with Crippen molar-refractivity contribution in [3.63, 3.8) is 0 Å². The molecular formula is C16H23N3O3. The summed E-state index contributed by atoms with van der Waals surface area (Å²) < 4.78 is 5.63. The maximum absolute atomic E-state index is 11.9. The largest absolute Gasteiger partial charge is 0.492 e. The smallest absolute Gasteiger partial charge is 0.223 e. The minimum Gasteiger partial charge on any atom is -0.492 e. The Bertz CT molecular complexity index is 528. The van der Waals surface area contributed by atoms with Crippen LogP contribution < -0.4 is 10.5 Å². The van der Waals surface area contributed by atoms with Crippen LogP contribution in [0.25, 0.3) is 0 Å². The monoisotopic (exact) mass is 305 g/mol. The molecule has 0 aliphatic carbocycles. The van der Waals surface area contributed by atoms with E-state index in [0.717, 1.165) is 17.9 Å². The van der Waals surface area contributed by atoms with Crippen molar-refractivity contribution in [2.45, 2.75) is 13.0 Å². The van der Waals surface area contributed by atoms with Gasteiger partial charge in [-0.1, -0.05) is 12.1 Å². The topological polar surface area (TPSA) is 75.9 Å². The van der Waals surface area contributed by atoms with Crippen LogP contribution in [0.5, 0.6) is 5.75 Å². The third-order valence-electron chi connectivity index (χ3n) is 3.72. The predicted molar refractivity (Wildman–Crippen MR) is 83.2 cm³/mol. The van der Waals surface area contributed by atoms with Crippen molar-refractivity contribution in [3.05, 3.63) is 29.8 Å². The number of primary amides is 1. The third kappa shape index (κ3) is 4.46. The molecule has 1 aromatic carbocycles. The second-order valence-corrected chi connectivity index (χ2v) is 5.87. The second-order valence-electron chi connectivity index (χ2n) is 5.87. The minimum absolute atomic E-state index is 0.0184. The Balaban J connectivity index is 1.86. The van der Waals surface area contributed by atoms with Crippen molar-refractivity contribution in [1.29, 1.82) is 0 Å². The van der Waals surface area contributed by atoms with Gasteiger partial charge in [-0.15, -0.1) is 0 Å². The summed E-state index contributed by atoms with van der Waals surface area (Å²) in [7, 11) is 4.00. The number of likely N-dealkylation sites (tertiary alicyclic amines) is 1. The molecule has 2 rings (SSSR count). The lowest BCUT2D eigenvalue weighted by atomic mass is 10.1. The number of likely N-dealkylation sites (N-methyl/N-ethyl adjacent to an activating group) is 1. The van der Waals surface area contributed by atoms with Crippen LogP contribution in [0.1, 0.15) is 12.0 Å². The molecular weight excluding hydrogens is 282 g/mol. The Kier molecular flexibility index (Phi) is 5.38. The van der Waals surface area contributed by atoms with Gasteiger partial charge in [0.25, 0.3) is 0 Å². The van der Waals surface area contributed by atoms with E-state index in [1.807, 2.05) is 38.4 Å². The molecule has 1 aliphatic rings. The number of nitrogens with zero attached hydrogens (tertiary/aromatic N) is 2. The quantitative estimate of drug-likeness (QED) is 0.794. The zero-order valence-electron chi connectivity index (χ0n) is 13.1. The van der Waals surface area contributed by atoms with Gasteiger partial charge in [-0.05, 0) is 31.8 Å². The van der Waals surface area contributed by atoms with Gasteiger partial charge >= 0.3 is 0 Å². The van der Waals surface area contributed by atoms with E-state index < -0.39 is 5.91 Å². The molecule has 1 saturated heterocycles. The maximum atomic E-state index is 11.9. The maximum Gasteiger partial charge on any atom is 0.223 e. The lowest BCUT2D eigenvalue weighted by Gasteiger charge is -2.16. The fraction of sp³-hybridized carbons (Fsp3) is 0.500. The fourth-order valence-corrected chi connectivity index (χ4v) is 2.37. The molecule has 6 heteroatoms. The number of amides is 2.